The molecule has 0 radical (unpaired) electrons. The van der Waals surface area contributed by atoms with Gasteiger partial charge in [-0.1, -0.05) is 0 Å². The summed E-state index contributed by atoms with van der Waals surface area (Å²) >= 11 is 0. The summed E-state index contributed by atoms with van der Waals surface area (Å²) < 4.78 is 0. The van der Waals surface area contributed by atoms with Crippen LogP contribution in [0.4, 0.5) is 0 Å². The molecule has 2 N–H and O–H groups in total. The molecule has 1 fully saturated rings. The van der Waals surface area contributed by atoms with Crippen LogP contribution < -0.4 is 0 Å². The molecule has 1 unspecified atom stereocenters. The first-order valence-corrected chi connectivity index (χ1v) is 4.49. The molecule has 1 saturated heterocycles. The molecule has 1 aliphatic rings. The second-order valence-electron chi connectivity index (χ2n) is 4.69. The largest absolute Gasteiger partial charge is 0.481 e. The summed E-state index contributed by atoms with van der Waals surface area (Å²) in [6.45, 7) is 5.62. The van der Waals surface area contributed by atoms with E-state index < -0.39 is 11.5 Å². The molecule has 1 atom stereocenters. The maximum atomic E-state index is 10.6. The molecule has 1 aliphatic heterocycles. The van der Waals surface area contributed by atoms with Gasteiger partial charge in [-0.15, -0.1) is 0 Å². The van der Waals surface area contributed by atoms with Crippen LogP contribution in [0.3, 0.4) is 0 Å². The quantitative estimate of drug-likeness (QED) is 0.687. The second-order valence-corrected chi connectivity index (χ2v) is 4.69. The summed E-state index contributed by atoms with van der Waals surface area (Å²) in [7, 11) is 0. The van der Waals surface area contributed by atoms with Crippen molar-refractivity contribution in [1.82, 2.24) is 5.06 Å². The van der Waals surface area contributed by atoms with Crippen LogP contribution in [-0.4, -0.2) is 32.4 Å². The fourth-order valence-electron chi connectivity index (χ4n) is 2.01. The van der Waals surface area contributed by atoms with Gasteiger partial charge in [0.2, 0.25) is 0 Å². The number of hydroxylamine groups is 2. The normalized spacial score (nSPS) is 33.5. The lowest BCUT2D eigenvalue weighted by molar-refractivity contribution is -0.202. The zero-order chi connectivity index (χ0) is 10.3. The molecule has 0 spiro atoms. The number of carbonyl (C=O) groups is 1. The summed E-state index contributed by atoms with van der Waals surface area (Å²) in [6, 6.07) is 0. The number of rotatable bonds is 2. The third-order valence-electron chi connectivity index (χ3n) is 2.89. The Morgan fingerprint density at radius 2 is 1.92 bits per heavy atom. The van der Waals surface area contributed by atoms with E-state index in [4.69, 9.17) is 5.11 Å². The van der Waals surface area contributed by atoms with E-state index in [1.54, 1.807) is 6.92 Å². The number of hydrogen-bond donors (Lipinski definition) is 2. The van der Waals surface area contributed by atoms with E-state index in [1.807, 2.05) is 13.8 Å². The smallest absolute Gasteiger partial charge is 0.305 e. The van der Waals surface area contributed by atoms with Crippen LogP contribution in [-0.2, 0) is 4.79 Å². The Morgan fingerprint density at radius 3 is 2.23 bits per heavy atom. The number of nitrogens with zero attached hydrogens (tertiary/aromatic N) is 1. The van der Waals surface area contributed by atoms with Crippen molar-refractivity contribution in [1.29, 1.82) is 0 Å². The van der Waals surface area contributed by atoms with Crippen LogP contribution in [0.2, 0.25) is 0 Å². The first-order chi connectivity index (χ1) is 5.78. The topological polar surface area (TPSA) is 60.8 Å². The number of carboxylic acid groups (broad SMARTS) is 1. The maximum absolute atomic E-state index is 10.6. The number of carboxylic acids is 1. The fraction of sp³-hybridized carbons (Fsp3) is 0.889. The third kappa shape index (κ3) is 1.84. The first kappa shape index (κ1) is 10.5. The molecule has 4 nitrogen and oxygen atoms in total. The minimum atomic E-state index is -0.862. The molecule has 13 heavy (non-hydrogen) atoms. The summed E-state index contributed by atoms with van der Waals surface area (Å²) in [4.78, 5) is 10.6. The zero-order valence-corrected chi connectivity index (χ0v) is 8.37. The molecule has 1 heterocycles. The van der Waals surface area contributed by atoms with Gasteiger partial charge in [0.1, 0.15) is 0 Å². The highest BCUT2D eigenvalue weighted by Gasteiger charge is 2.48. The Kier molecular flexibility index (Phi) is 2.38. The molecule has 0 bridgehead atoms. The maximum Gasteiger partial charge on any atom is 0.305 e. The Bertz CT molecular complexity index is 227. The Balaban J connectivity index is 2.77. The highest BCUT2D eigenvalue weighted by Crippen LogP contribution is 2.40. The van der Waals surface area contributed by atoms with Crippen molar-refractivity contribution in [2.45, 2.75) is 51.1 Å². The van der Waals surface area contributed by atoms with Gasteiger partial charge in [0.15, 0.2) is 0 Å². The van der Waals surface area contributed by atoms with Gasteiger partial charge in [-0.05, 0) is 33.6 Å². The van der Waals surface area contributed by atoms with Crippen LogP contribution in [0.1, 0.15) is 40.0 Å². The van der Waals surface area contributed by atoms with Gasteiger partial charge in [0.25, 0.3) is 0 Å². The first-order valence-electron chi connectivity index (χ1n) is 4.49. The standard InChI is InChI=1S/C9H17NO3/c1-8(2)4-5-9(3,10(8)13)6-7(11)12/h13H,4-6H2,1-3H3,(H,11,12). The van der Waals surface area contributed by atoms with Crippen LogP contribution in [0.25, 0.3) is 0 Å². The van der Waals surface area contributed by atoms with Crippen molar-refractivity contribution in [3.05, 3.63) is 0 Å². The summed E-state index contributed by atoms with van der Waals surface area (Å²) in [5.74, 6) is -0.862. The van der Waals surface area contributed by atoms with E-state index in [0.29, 0.717) is 0 Å². The summed E-state index contributed by atoms with van der Waals surface area (Å²) in [5.41, 5.74) is -0.903. The highest BCUT2D eigenvalue weighted by atomic mass is 16.5. The molecule has 1 rings (SSSR count). The molecule has 0 amide bonds. The SMILES string of the molecule is CC1(C)CCC(C)(CC(=O)O)N1O. The lowest BCUT2D eigenvalue weighted by atomic mass is 9.95. The minimum Gasteiger partial charge on any atom is -0.481 e. The Morgan fingerprint density at radius 1 is 1.38 bits per heavy atom. The molecular formula is C9H17NO3. The molecule has 0 aromatic carbocycles. The second kappa shape index (κ2) is 2.96. The van der Waals surface area contributed by atoms with Crippen molar-refractivity contribution in [2.75, 3.05) is 0 Å². The van der Waals surface area contributed by atoms with Crippen LogP contribution in [0, 0.1) is 0 Å². The Hall–Kier alpha value is -0.610. The molecule has 0 aliphatic carbocycles. The van der Waals surface area contributed by atoms with E-state index in [-0.39, 0.29) is 12.0 Å². The van der Waals surface area contributed by atoms with Crippen LogP contribution in [0.5, 0.6) is 0 Å². The highest BCUT2D eigenvalue weighted by molar-refractivity contribution is 5.68. The zero-order valence-electron chi connectivity index (χ0n) is 8.37. The minimum absolute atomic E-state index is 0.00701. The van der Waals surface area contributed by atoms with Crippen LogP contribution in [0.15, 0.2) is 0 Å². The fourth-order valence-corrected chi connectivity index (χ4v) is 2.01. The van der Waals surface area contributed by atoms with E-state index in [2.05, 4.69) is 0 Å². The van der Waals surface area contributed by atoms with Crippen molar-refractivity contribution in [2.24, 2.45) is 0 Å². The molecule has 4 heteroatoms. The number of aliphatic carboxylic acids is 1. The van der Waals surface area contributed by atoms with Crippen molar-refractivity contribution in [3.63, 3.8) is 0 Å². The molecule has 0 saturated carbocycles. The van der Waals surface area contributed by atoms with Crippen LogP contribution >= 0.6 is 0 Å². The predicted octanol–water partition coefficient (Wildman–Crippen LogP) is 1.48. The summed E-state index contributed by atoms with van der Waals surface area (Å²) in [6.07, 6.45) is 1.54. The average molecular weight is 187 g/mol. The van der Waals surface area contributed by atoms with E-state index in [9.17, 15) is 10.0 Å². The monoisotopic (exact) mass is 187 g/mol. The lowest BCUT2D eigenvalue weighted by Gasteiger charge is -2.35. The predicted molar refractivity (Wildman–Crippen MR) is 47.6 cm³/mol. The molecule has 0 aromatic heterocycles. The third-order valence-corrected chi connectivity index (χ3v) is 2.89. The molecule has 76 valence electrons. The number of hydrogen-bond acceptors (Lipinski definition) is 3. The van der Waals surface area contributed by atoms with Crippen molar-refractivity contribution >= 4 is 5.97 Å². The Labute approximate surface area is 78.1 Å². The van der Waals surface area contributed by atoms with E-state index in [0.717, 1.165) is 12.8 Å². The van der Waals surface area contributed by atoms with Crippen molar-refractivity contribution in [3.8, 4) is 0 Å². The van der Waals surface area contributed by atoms with Gasteiger partial charge in [-0.25, -0.2) is 0 Å². The summed E-state index contributed by atoms with van der Waals surface area (Å²) in [5, 5.41) is 19.7. The average Bonchev–Trinajstić information content (AvgIpc) is 2.14. The molecule has 0 aromatic rings. The van der Waals surface area contributed by atoms with E-state index >= 15 is 0 Å². The van der Waals surface area contributed by atoms with Gasteiger partial charge in [-0.3, -0.25) is 4.79 Å². The molecular weight excluding hydrogens is 170 g/mol. The van der Waals surface area contributed by atoms with Gasteiger partial charge >= 0.3 is 5.97 Å². The van der Waals surface area contributed by atoms with Gasteiger partial charge in [0, 0.05) is 5.54 Å². The van der Waals surface area contributed by atoms with Gasteiger partial charge in [0.05, 0.1) is 12.0 Å². The van der Waals surface area contributed by atoms with Gasteiger partial charge in [-0.2, -0.15) is 5.06 Å². The van der Waals surface area contributed by atoms with Crippen molar-refractivity contribution < 1.29 is 15.1 Å². The lowest BCUT2D eigenvalue weighted by Crippen LogP contribution is -2.48. The van der Waals surface area contributed by atoms with Gasteiger partial charge < -0.3 is 10.3 Å². The van der Waals surface area contributed by atoms with E-state index in [1.165, 1.54) is 5.06 Å².